The van der Waals surface area contributed by atoms with Gasteiger partial charge < -0.3 is 4.90 Å². The van der Waals surface area contributed by atoms with E-state index in [1.54, 1.807) is 0 Å². The van der Waals surface area contributed by atoms with Crippen molar-refractivity contribution in [1.82, 2.24) is 0 Å². The van der Waals surface area contributed by atoms with Gasteiger partial charge in [-0.05, 0) is 55.0 Å². The molecule has 3 heteroatoms. The van der Waals surface area contributed by atoms with Crippen molar-refractivity contribution in [2.75, 3.05) is 18.0 Å². The van der Waals surface area contributed by atoms with E-state index in [0.717, 1.165) is 6.42 Å². The molecule has 0 spiro atoms. The first kappa shape index (κ1) is 12.4. The molecular weight excluding hydrogens is 234 g/mol. The van der Waals surface area contributed by atoms with Crippen LogP contribution in [0, 0.1) is 0 Å². The van der Waals surface area contributed by atoms with Crippen LogP contribution in [0.15, 0.2) is 24.3 Å². The van der Waals surface area contributed by atoms with Crippen LogP contribution in [0.4, 0.5) is 5.69 Å². The second-order valence-electron chi connectivity index (χ2n) is 4.57. The average Bonchev–Trinajstić information content (AvgIpc) is 2.38. The number of carbonyl (C=O) groups excluding carboxylic acids is 1. The molecule has 0 saturated carbocycles. The van der Waals surface area contributed by atoms with Crippen molar-refractivity contribution in [3.63, 3.8) is 0 Å². The Balaban J connectivity index is 1.94. The second kappa shape index (κ2) is 6.06. The number of halogens is 1. The normalized spacial score (nSPS) is 15.9. The largest absolute Gasteiger partial charge is 0.372 e. The molecule has 0 bridgehead atoms. The summed E-state index contributed by atoms with van der Waals surface area (Å²) in [5, 5.41) is -0.259. The summed E-state index contributed by atoms with van der Waals surface area (Å²) in [5.74, 6) is 0. The molecule has 0 radical (unpaired) electrons. The summed E-state index contributed by atoms with van der Waals surface area (Å²) in [6.07, 6.45) is 5.10. The van der Waals surface area contributed by atoms with E-state index in [4.69, 9.17) is 11.6 Å². The molecule has 92 valence electrons. The lowest BCUT2D eigenvalue weighted by Crippen LogP contribution is -2.29. The Labute approximate surface area is 108 Å². The van der Waals surface area contributed by atoms with E-state index in [1.165, 1.54) is 43.6 Å². The van der Waals surface area contributed by atoms with Crippen LogP contribution in [-0.4, -0.2) is 18.3 Å². The fraction of sp³-hybridized carbons (Fsp3) is 0.500. The molecule has 2 nitrogen and oxygen atoms in total. The van der Waals surface area contributed by atoms with E-state index in [2.05, 4.69) is 29.2 Å². The number of nitrogens with zero attached hydrogens (tertiary/aromatic N) is 1. The number of hydrogen-bond acceptors (Lipinski definition) is 2. The Morgan fingerprint density at radius 1 is 1.12 bits per heavy atom. The molecule has 0 amide bonds. The van der Waals surface area contributed by atoms with Crippen molar-refractivity contribution in [3.8, 4) is 0 Å². The maximum Gasteiger partial charge on any atom is 0.221 e. The average molecular weight is 252 g/mol. The molecule has 0 aliphatic carbocycles. The molecule has 1 heterocycles. The standard InChI is InChI=1S/C14H18ClNO/c15-14(17)9-6-12-4-7-13(8-5-12)16-10-2-1-3-11-16/h4-5,7-8H,1-3,6,9-11H2. The van der Waals surface area contributed by atoms with Gasteiger partial charge in [-0.15, -0.1) is 0 Å². The Bertz CT molecular complexity index is 368. The van der Waals surface area contributed by atoms with E-state index in [9.17, 15) is 4.79 Å². The highest BCUT2D eigenvalue weighted by Gasteiger charge is 2.10. The van der Waals surface area contributed by atoms with Gasteiger partial charge in [0.05, 0.1) is 0 Å². The minimum Gasteiger partial charge on any atom is -0.372 e. The van der Waals surface area contributed by atoms with Crippen LogP contribution in [0.25, 0.3) is 0 Å². The predicted molar refractivity (Wildman–Crippen MR) is 71.7 cm³/mol. The van der Waals surface area contributed by atoms with Gasteiger partial charge in [-0.1, -0.05) is 12.1 Å². The molecule has 1 fully saturated rings. The van der Waals surface area contributed by atoms with Crippen molar-refractivity contribution in [3.05, 3.63) is 29.8 Å². The van der Waals surface area contributed by atoms with Crippen LogP contribution in [-0.2, 0) is 11.2 Å². The summed E-state index contributed by atoms with van der Waals surface area (Å²) in [6.45, 7) is 2.33. The quantitative estimate of drug-likeness (QED) is 0.765. The van der Waals surface area contributed by atoms with Crippen molar-refractivity contribution in [1.29, 1.82) is 0 Å². The summed E-state index contributed by atoms with van der Waals surface area (Å²) in [4.78, 5) is 13.1. The van der Waals surface area contributed by atoms with Crippen LogP contribution in [0.3, 0.4) is 0 Å². The Morgan fingerprint density at radius 3 is 2.35 bits per heavy atom. The SMILES string of the molecule is O=C(Cl)CCc1ccc(N2CCCCC2)cc1. The second-order valence-corrected chi connectivity index (χ2v) is 4.99. The van der Waals surface area contributed by atoms with Crippen LogP contribution in [0.5, 0.6) is 0 Å². The molecule has 1 aromatic rings. The maximum absolute atomic E-state index is 10.7. The highest BCUT2D eigenvalue weighted by Crippen LogP contribution is 2.20. The Kier molecular flexibility index (Phi) is 4.43. The number of anilines is 1. The van der Waals surface area contributed by atoms with E-state index >= 15 is 0 Å². The number of aryl methyl sites for hydroxylation is 1. The topological polar surface area (TPSA) is 20.3 Å². The Morgan fingerprint density at radius 2 is 1.76 bits per heavy atom. The summed E-state index contributed by atoms with van der Waals surface area (Å²) >= 11 is 5.33. The fourth-order valence-corrected chi connectivity index (χ4v) is 2.36. The zero-order chi connectivity index (χ0) is 12.1. The fourth-order valence-electron chi connectivity index (χ4n) is 2.27. The zero-order valence-electron chi connectivity index (χ0n) is 9.99. The van der Waals surface area contributed by atoms with Crippen molar-refractivity contribution >= 4 is 22.5 Å². The predicted octanol–water partition coefficient (Wildman–Crippen LogP) is 3.37. The molecule has 1 aliphatic heterocycles. The van der Waals surface area contributed by atoms with Gasteiger partial charge in [0.2, 0.25) is 5.24 Å². The Hall–Kier alpha value is -1.02. The smallest absolute Gasteiger partial charge is 0.221 e. The summed E-state index contributed by atoms with van der Waals surface area (Å²) in [7, 11) is 0. The van der Waals surface area contributed by atoms with E-state index in [0.29, 0.717) is 6.42 Å². The maximum atomic E-state index is 10.7. The van der Waals surface area contributed by atoms with Crippen molar-refractivity contribution in [2.24, 2.45) is 0 Å². The molecule has 0 atom stereocenters. The lowest BCUT2D eigenvalue weighted by atomic mass is 10.1. The molecule has 1 aromatic carbocycles. The molecular formula is C14H18ClNO. The van der Waals surface area contributed by atoms with Crippen LogP contribution in [0.2, 0.25) is 0 Å². The first-order chi connectivity index (χ1) is 8.25. The molecule has 2 rings (SSSR count). The molecule has 0 unspecified atom stereocenters. The zero-order valence-corrected chi connectivity index (χ0v) is 10.7. The van der Waals surface area contributed by atoms with Gasteiger partial charge in [-0.3, -0.25) is 4.79 Å². The monoisotopic (exact) mass is 251 g/mol. The summed E-state index contributed by atoms with van der Waals surface area (Å²) < 4.78 is 0. The summed E-state index contributed by atoms with van der Waals surface area (Å²) in [5.41, 5.74) is 2.48. The van der Waals surface area contributed by atoms with E-state index < -0.39 is 0 Å². The van der Waals surface area contributed by atoms with Crippen LogP contribution < -0.4 is 4.90 Å². The van der Waals surface area contributed by atoms with Gasteiger partial charge in [-0.2, -0.15) is 0 Å². The third-order valence-electron chi connectivity index (χ3n) is 3.27. The van der Waals surface area contributed by atoms with Gasteiger partial charge in [0.25, 0.3) is 0 Å². The van der Waals surface area contributed by atoms with Crippen LogP contribution >= 0.6 is 11.6 Å². The third kappa shape index (κ3) is 3.74. The number of rotatable bonds is 4. The first-order valence-corrected chi connectivity index (χ1v) is 6.66. The van der Waals surface area contributed by atoms with E-state index in [-0.39, 0.29) is 5.24 Å². The minimum atomic E-state index is -0.259. The molecule has 1 aliphatic rings. The number of benzene rings is 1. The number of piperidine rings is 1. The van der Waals surface area contributed by atoms with Gasteiger partial charge >= 0.3 is 0 Å². The van der Waals surface area contributed by atoms with Gasteiger partial charge in [-0.25, -0.2) is 0 Å². The first-order valence-electron chi connectivity index (χ1n) is 6.28. The highest BCUT2D eigenvalue weighted by atomic mass is 35.5. The van der Waals surface area contributed by atoms with Crippen molar-refractivity contribution in [2.45, 2.75) is 32.1 Å². The molecule has 17 heavy (non-hydrogen) atoms. The molecule has 1 saturated heterocycles. The minimum absolute atomic E-state index is 0.259. The lowest BCUT2D eigenvalue weighted by molar-refractivity contribution is -0.111. The van der Waals surface area contributed by atoms with Gasteiger partial charge in [0.15, 0.2) is 0 Å². The third-order valence-corrected chi connectivity index (χ3v) is 3.46. The van der Waals surface area contributed by atoms with Gasteiger partial charge in [0, 0.05) is 25.2 Å². The highest BCUT2D eigenvalue weighted by molar-refractivity contribution is 6.63. The van der Waals surface area contributed by atoms with Crippen molar-refractivity contribution < 1.29 is 4.79 Å². The molecule has 0 aromatic heterocycles. The van der Waals surface area contributed by atoms with Crippen LogP contribution in [0.1, 0.15) is 31.2 Å². The molecule has 0 N–H and O–H groups in total. The van der Waals surface area contributed by atoms with Gasteiger partial charge in [0.1, 0.15) is 0 Å². The summed E-state index contributed by atoms with van der Waals surface area (Å²) in [6, 6.07) is 8.51. The lowest BCUT2D eigenvalue weighted by Gasteiger charge is -2.28. The number of hydrogen-bond donors (Lipinski definition) is 0. The number of carbonyl (C=O) groups is 1. The van der Waals surface area contributed by atoms with E-state index in [1.807, 2.05) is 0 Å².